The number of rotatable bonds is 8. The van der Waals surface area contributed by atoms with E-state index < -0.39 is 15.9 Å². The van der Waals surface area contributed by atoms with Crippen molar-refractivity contribution < 1.29 is 17.9 Å². The summed E-state index contributed by atoms with van der Waals surface area (Å²) >= 11 is 3.30. The lowest BCUT2D eigenvalue weighted by atomic mass is 10.3. The van der Waals surface area contributed by atoms with E-state index in [0.717, 1.165) is 15.0 Å². The summed E-state index contributed by atoms with van der Waals surface area (Å²) in [6.45, 7) is 3.59. The normalized spacial score (nSPS) is 10.8. The fraction of sp³-hybridized carbons (Fsp3) is 0.167. The van der Waals surface area contributed by atoms with Gasteiger partial charge in [-0.3, -0.25) is 9.10 Å². The number of amides is 1. The summed E-state index contributed by atoms with van der Waals surface area (Å²) in [5.41, 5.74) is 0.926. The van der Waals surface area contributed by atoms with Gasteiger partial charge in [0.15, 0.2) is 0 Å². The molecular weight excluding hydrogens is 420 g/mol. The van der Waals surface area contributed by atoms with Gasteiger partial charge in [-0.25, -0.2) is 8.42 Å². The Kier molecular flexibility index (Phi) is 6.82. The van der Waals surface area contributed by atoms with Crippen molar-refractivity contribution in [2.45, 2.75) is 0 Å². The van der Waals surface area contributed by atoms with Gasteiger partial charge in [-0.2, -0.15) is 0 Å². The number of nitrogens with one attached hydrogen (secondary N) is 1. The summed E-state index contributed by atoms with van der Waals surface area (Å²) in [4.78, 5) is 12.4. The first-order valence-electron chi connectivity index (χ1n) is 7.66. The molecule has 2 rings (SSSR count). The van der Waals surface area contributed by atoms with Crippen LogP contribution in [-0.4, -0.2) is 33.7 Å². The molecule has 0 heterocycles. The molecule has 0 spiro atoms. The van der Waals surface area contributed by atoms with Crippen LogP contribution in [0, 0.1) is 0 Å². The molecule has 26 heavy (non-hydrogen) atoms. The third-order valence-corrected chi connectivity index (χ3v) is 4.96. The van der Waals surface area contributed by atoms with Crippen LogP contribution in [0.25, 0.3) is 0 Å². The van der Waals surface area contributed by atoms with E-state index in [0.29, 0.717) is 23.7 Å². The molecule has 0 aromatic heterocycles. The zero-order valence-corrected chi connectivity index (χ0v) is 16.6. The van der Waals surface area contributed by atoms with E-state index in [9.17, 15) is 13.2 Å². The molecule has 1 N–H and O–H groups in total. The van der Waals surface area contributed by atoms with Gasteiger partial charge >= 0.3 is 0 Å². The van der Waals surface area contributed by atoms with Crippen molar-refractivity contribution in [3.8, 4) is 5.75 Å². The summed E-state index contributed by atoms with van der Waals surface area (Å²) in [6.07, 6.45) is 2.68. The lowest BCUT2D eigenvalue weighted by Crippen LogP contribution is -2.37. The molecule has 8 heteroatoms. The molecule has 2 aromatic carbocycles. The predicted molar refractivity (Wildman–Crippen MR) is 107 cm³/mol. The molecule has 0 saturated carbocycles. The molecule has 6 nitrogen and oxygen atoms in total. The number of halogens is 1. The highest BCUT2D eigenvalue weighted by Crippen LogP contribution is 2.21. The predicted octanol–water partition coefficient (Wildman–Crippen LogP) is 3.42. The van der Waals surface area contributed by atoms with Crippen LogP contribution in [0.1, 0.15) is 0 Å². The monoisotopic (exact) mass is 438 g/mol. The van der Waals surface area contributed by atoms with Crippen molar-refractivity contribution in [2.24, 2.45) is 0 Å². The van der Waals surface area contributed by atoms with Crippen molar-refractivity contribution in [3.05, 3.63) is 65.7 Å². The van der Waals surface area contributed by atoms with Crippen LogP contribution in [-0.2, 0) is 14.8 Å². The molecular formula is C18H19BrN2O4S. The minimum atomic E-state index is -3.62. The Morgan fingerprint density at radius 1 is 1.27 bits per heavy atom. The minimum Gasteiger partial charge on any atom is -0.489 e. The number of sulfonamides is 1. The molecule has 0 radical (unpaired) electrons. The highest BCUT2D eigenvalue weighted by Gasteiger charge is 2.21. The lowest BCUT2D eigenvalue weighted by molar-refractivity contribution is -0.114. The van der Waals surface area contributed by atoms with Crippen molar-refractivity contribution >= 4 is 43.2 Å². The Bertz CT molecular complexity index is 882. The minimum absolute atomic E-state index is 0.335. The van der Waals surface area contributed by atoms with Gasteiger partial charge in [0.2, 0.25) is 15.9 Å². The van der Waals surface area contributed by atoms with E-state index in [1.54, 1.807) is 54.6 Å². The summed E-state index contributed by atoms with van der Waals surface area (Å²) in [5.74, 6) is 0.120. The van der Waals surface area contributed by atoms with Crippen LogP contribution in [0.2, 0.25) is 0 Å². The first-order valence-corrected chi connectivity index (χ1v) is 10.3. The molecule has 0 aliphatic carbocycles. The second-order valence-corrected chi connectivity index (χ2v) is 8.24. The first-order chi connectivity index (χ1) is 12.3. The molecule has 0 fully saturated rings. The number of benzene rings is 2. The van der Waals surface area contributed by atoms with Gasteiger partial charge in [-0.15, -0.1) is 0 Å². The van der Waals surface area contributed by atoms with Gasteiger partial charge in [0.05, 0.1) is 11.9 Å². The van der Waals surface area contributed by atoms with Gasteiger partial charge < -0.3 is 10.1 Å². The van der Waals surface area contributed by atoms with Crippen molar-refractivity contribution in [3.63, 3.8) is 0 Å². The molecule has 0 aliphatic rings. The maximum atomic E-state index is 12.4. The lowest BCUT2D eigenvalue weighted by Gasteiger charge is -2.22. The third kappa shape index (κ3) is 5.89. The number of hydrogen-bond acceptors (Lipinski definition) is 4. The number of hydrogen-bond donors (Lipinski definition) is 1. The number of anilines is 2. The Hall–Kier alpha value is -2.32. The smallest absolute Gasteiger partial charge is 0.245 e. The Balaban J connectivity index is 2.13. The summed E-state index contributed by atoms with van der Waals surface area (Å²) in [5, 5.41) is 2.68. The van der Waals surface area contributed by atoms with Gasteiger partial charge in [0.1, 0.15) is 18.9 Å². The molecule has 1 amide bonds. The van der Waals surface area contributed by atoms with E-state index in [1.807, 2.05) is 0 Å². The molecule has 2 aromatic rings. The highest BCUT2D eigenvalue weighted by atomic mass is 79.9. The fourth-order valence-corrected chi connectivity index (χ4v) is 3.28. The average molecular weight is 439 g/mol. The SMILES string of the molecule is C=CCOc1cccc(NC(=O)CN(c2ccc(Br)cc2)S(C)(=O)=O)c1. The molecule has 0 atom stereocenters. The van der Waals surface area contributed by atoms with E-state index in [2.05, 4.69) is 27.8 Å². The quantitative estimate of drug-likeness (QED) is 0.640. The van der Waals surface area contributed by atoms with Crippen molar-refractivity contribution in [1.82, 2.24) is 0 Å². The average Bonchev–Trinajstić information content (AvgIpc) is 2.58. The van der Waals surface area contributed by atoms with Crippen LogP contribution in [0.15, 0.2) is 65.7 Å². The largest absolute Gasteiger partial charge is 0.489 e. The maximum absolute atomic E-state index is 12.4. The maximum Gasteiger partial charge on any atom is 0.245 e. The van der Waals surface area contributed by atoms with Crippen LogP contribution < -0.4 is 14.4 Å². The third-order valence-electron chi connectivity index (χ3n) is 3.29. The van der Waals surface area contributed by atoms with Gasteiger partial charge in [0, 0.05) is 16.2 Å². The van der Waals surface area contributed by atoms with E-state index in [4.69, 9.17) is 4.74 Å². The second kappa shape index (κ2) is 8.86. The molecule has 0 aliphatic heterocycles. The summed E-state index contributed by atoms with van der Waals surface area (Å²) in [6, 6.07) is 13.5. The van der Waals surface area contributed by atoms with Gasteiger partial charge in [0.25, 0.3) is 0 Å². The Morgan fingerprint density at radius 3 is 2.58 bits per heavy atom. The number of carbonyl (C=O) groups excluding carboxylic acids is 1. The summed E-state index contributed by atoms with van der Waals surface area (Å²) in [7, 11) is -3.62. The molecule has 0 bridgehead atoms. The van der Waals surface area contributed by atoms with E-state index in [1.165, 1.54) is 0 Å². The first kappa shape index (κ1) is 20.0. The van der Waals surface area contributed by atoms with Crippen molar-refractivity contribution in [1.29, 1.82) is 0 Å². The van der Waals surface area contributed by atoms with Crippen LogP contribution in [0.3, 0.4) is 0 Å². The topological polar surface area (TPSA) is 75.7 Å². The van der Waals surface area contributed by atoms with Crippen LogP contribution in [0.4, 0.5) is 11.4 Å². The number of nitrogens with zero attached hydrogens (tertiary/aromatic N) is 1. The van der Waals surface area contributed by atoms with Gasteiger partial charge in [-0.05, 0) is 36.4 Å². The second-order valence-electron chi connectivity index (χ2n) is 5.42. The number of carbonyl (C=O) groups is 1. The van der Waals surface area contributed by atoms with E-state index in [-0.39, 0.29) is 6.54 Å². The van der Waals surface area contributed by atoms with Crippen LogP contribution in [0.5, 0.6) is 5.75 Å². The van der Waals surface area contributed by atoms with E-state index >= 15 is 0 Å². The number of ether oxygens (including phenoxy) is 1. The highest BCUT2D eigenvalue weighted by molar-refractivity contribution is 9.10. The van der Waals surface area contributed by atoms with Gasteiger partial charge in [-0.1, -0.05) is 34.7 Å². The zero-order valence-electron chi connectivity index (χ0n) is 14.2. The zero-order chi connectivity index (χ0) is 19.2. The van der Waals surface area contributed by atoms with Crippen molar-refractivity contribution in [2.75, 3.05) is 29.0 Å². The van der Waals surface area contributed by atoms with Crippen LogP contribution >= 0.6 is 15.9 Å². The molecule has 0 saturated heterocycles. The standard InChI is InChI=1S/C18H19BrN2O4S/c1-3-11-25-17-6-4-5-15(12-17)20-18(22)13-21(26(2,23)24)16-9-7-14(19)8-10-16/h3-10,12H,1,11,13H2,2H3,(H,20,22). The summed E-state index contributed by atoms with van der Waals surface area (Å²) < 4.78 is 31.4. The Morgan fingerprint density at radius 2 is 1.96 bits per heavy atom. The fourth-order valence-electron chi connectivity index (χ4n) is 2.16. The molecule has 138 valence electrons. The molecule has 0 unspecified atom stereocenters. The Labute approximate surface area is 161 Å².